The highest BCUT2D eigenvalue weighted by atomic mass is 16.5. The second-order valence-corrected chi connectivity index (χ2v) is 8.49. The van der Waals surface area contributed by atoms with Crippen molar-refractivity contribution in [2.75, 3.05) is 7.11 Å². The molecule has 0 radical (unpaired) electrons. The molecule has 2 heteroatoms. The van der Waals surface area contributed by atoms with E-state index in [-0.39, 0.29) is 5.78 Å². The van der Waals surface area contributed by atoms with Crippen molar-refractivity contribution in [2.24, 2.45) is 0 Å². The Hall–Kier alpha value is -2.35. The Morgan fingerprint density at radius 3 is 1.10 bits per heavy atom. The van der Waals surface area contributed by atoms with Gasteiger partial charge in [-0.1, -0.05) is 0 Å². The number of hydrogen-bond donors (Lipinski definition) is 0. The average Bonchev–Trinajstić information content (AvgIpc) is 2.70. The van der Waals surface area contributed by atoms with E-state index in [1.165, 1.54) is 44.5 Å². The first-order valence-corrected chi connectivity index (χ1v) is 10.3. The zero-order valence-electron chi connectivity index (χ0n) is 20.3. The zero-order valence-corrected chi connectivity index (χ0v) is 20.3. The van der Waals surface area contributed by atoms with Gasteiger partial charge in [0.05, 0.1) is 7.11 Å². The molecule has 0 aliphatic heterocycles. The van der Waals surface area contributed by atoms with Crippen LogP contribution in [0.15, 0.2) is 5.57 Å². The molecular formula is C27H36O2. The van der Waals surface area contributed by atoms with Gasteiger partial charge in [-0.15, -0.1) is 0 Å². The number of ketones is 1. The molecule has 156 valence electrons. The number of Topliss-reactive ketones (excluding diaryl/α,β-unsaturated/α-hetero) is 1. The molecule has 0 atom stereocenters. The van der Waals surface area contributed by atoms with Crippen LogP contribution in [0.3, 0.4) is 0 Å². The molecule has 0 aliphatic carbocycles. The van der Waals surface area contributed by atoms with Crippen molar-refractivity contribution in [1.29, 1.82) is 0 Å². The average molecular weight is 393 g/mol. The fourth-order valence-corrected chi connectivity index (χ4v) is 4.41. The van der Waals surface area contributed by atoms with Gasteiger partial charge in [-0.3, -0.25) is 4.79 Å². The standard InChI is InChI=1S/C27H36O2/c1-13-15(3)19(7)24(20(8)16(13)4)26(28)23(11)27(29-12)25-21(9)17(5)14(2)18(6)22(25)10/h1-12H3/b27-23-. The fourth-order valence-electron chi connectivity index (χ4n) is 4.41. The van der Waals surface area contributed by atoms with Crippen molar-refractivity contribution in [3.05, 3.63) is 72.3 Å². The third kappa shape index (κ3) is 3.54. The largest absolute Gasteiger partial charge is 0.496 e. The van der Waals surface area contributed by atoms with Gasteiger partial charge in [0.1, 0.15) is 5.76 Å². The van der Waals surface area contributed by atoms with Crippen LogP contribution in [-0.4, -0.2) is 12.9 Å². The van der Waals surface area contributed by atoms with Gasteiger partial charge in [-0.25, -0.2) is 0 Å². The molecule has 0 spiro atoms. The molecule has 0 unspecified atom stereocenters. The predicted octanol–water partition coefficient (Wildman–Crippen LogP) is 7.03. The zero-order chi connectivity index (χ0) is 22.4. The van der Waals surface area contributed by atoms with E-state index < -0.39 is 0 Å². The number of hydrogen-bond acceptors (Lipinski definition) is 2. The van der Waals surface area contributed by atoms with Crippen LogP contribution in [0.4, 0.5) is 0 Å². The summed E-state index contributed by atoms with van der Waals surface area (Å²) < 4.78 is 5.88. The van der Waals surface area contributed by atoms with Crippen LogP contribution >= 0.6 is 0 Å². The quantitative estimate of drug-likeness (QED) is 0.317. The molecule has 0 fully saturated rings. The molecule has 29 heavy (non-hydrogen) atoms. The molecule has 0 amide bonds. The smallest absolute Gasteiger partial charge is 0.192 e. The Kier molecular flexibility index (Phi) is 6.47. The maximum atomic E-state index is 13.7. The molecule has 0 aliphatic rings. The third-order valence-electron chi connectivity index (χ3n) is 7.34. The molecule has 0 saturated heterocycles. The van der Waals surface area contributed by atoms with E-state index in [9.17, 15) is 4.79 Å². The topological polar surface area (TPSA) is 26.3 Å². The van der Waals surface area contributed by atoms with Crippen LogP contribution in [0.1, 0.15) is 78.5 Å². The van der Waals surface area contributed by atoms with Gasteiger partial charge in [-0.05, 0) is 132 Å². The van der Waals surface area contributed by atoms with Crippen molar-refractivity contribution in [2.45, 2.75) is 76.2 Å². The van der Waals surface area contributed by atoms with Gasteiger partial charge < -0.3 is 4.74 Å². The predicted molar refractivity (Wildman–Crippen MR) is 124 cm³/mol. The van der Waals surface area contributed by atoms with E-state index in [0.29, 0.717) is 11.3 Å². The summed E-state index contributed by atoms with van der Waals surface area (Å²) in [7, 11) is 1.67. The molecule has 0 saturated carbocycles. The van der Waals surface area contributed by atoms with E-state index >= 15 is 0 Å². The Labute approximate surface area is 177 Å². The number of benzene rings is 2. The minimum absolute atomic E-state index is 0.0535. The van der Waals surface area contributed by atoms with E-state index in [1.807, 2.05) is 6.92 Å². The van der Waals surface area contributed by atoms with Gasteiger partial charge in [0.25, 0.3) is 0 Å². The lowest BCUT2D eigenvalue weighted by Gasteiger charge is -2.22. The molecule has 0 aromatic heterocycles. The van der Waals surface area contributed by atoms with Crippen LogP contribution in [0.5, 0.6) is 0 Å². The van der Waals surface area contributed by atoms with Gasteiger partial charge >= 0.3 is 0 Å². The second-order valence-electron chi connectivity index (χ2n) is 8.49. The maximum absolute atomic E-state index is 13.7. The Morgan fingerprint density at radius 1 is 0.517 bits per heavy atom. The molecule has 2 aromatic carbocycles. The number of ether oxygens (including phenoxy) is 1. The molecule has 0 heterocycles. The summed E-state index contributed by atoms with van der Waals surface area (Å²) in [6.45, 7) is 23.0. The van der Waals surface area contributed by atoms with E-state index in [1.54, 1.807) is 7.11 Å². The second kappa shape index (κ2) is 8.18. The Bertz CT molecular complexity index is 991. The summed E-state index contributed by atoms with van der Waals surface area (Å²) in [5, 5.41) is 0. The highest BCUT2D eigenvalue weighted by Gasteiger charge is 2.25. The minimum Gasteiger partial charge on any atom is -0.496 e. The number of allylic oxidation sites excluding steroid dienone is 1. The Balaban J connectivity index is 2.85. The highest BCUT2D eigenvalue weighted by molar-refractivity contribution is 6.14. The van der Waals surface area contributed by atoms with Gasteiger partial charge in [0.2, 0.25) is 0 Å². The van der Waals surface area contributed by atoms with Crippen molar-refractivity contribution < 1.29 is 9.53 Å². The first-order valence-electron chi connectivity index (χ1n) is 10.3. The molecule has 0 bridgehead atoms. The van der Waals surface area contributed by atoms with Crippen LogP contribution in [0.25, 0.3) is 5.76 Å². The lowest BCUT2D eigenvalue weighted by atomic mass is 9.84. The van der Waals surface area contributed by atoms with E-state index in [4.69, 9.17) is 4.74 Å². The first-order chi connectivity index (χ1) is 13.4. The highest BCUT2D eigenvalue weighted by Crippen LogP contribution is 2.35. The molecule has 2 aromatic rings. The summed E-state index contributed by atoms with van der Waals surface area (Å²) in [6.07, 6.45) is 0. The maximum Gasteiger partial charge on any atom is 0.192 e. The summed E-state index contributed by atoms with van der Waals surface area (Å²) in [5.41, 5.74) is 14.5. The van der Waals surface area contributed by atoms with Crippen LogP contribution in [0, 0.1) is 69.2 Å². The van der Waals surface area contributed by atoms with Gasteiger partial charge in [-0.2, -0.15) is 0 Å². The van der Waals surface area contributed by atoms with Crippen molar-refractivity contribution in [1.82, 2.24) is 0 Å². The third-order valence-corrected chi connectivity index (χ3v) is 7.34. The number of carbonyl (C=O) groups is 1. The van der Waals surface area contributed by atoms with Crippen molar-refractivity contribution in [3.8, 4) is 0 Å². The van der Waals surface area contributed by atoms with Gasteiger partial charge in [0, 0.05) is 16.7 Å². The summed E-state index contributed by atoms with van der Waals surface area (Å²) in [6, 6.07) is 0. The minimum atomic E-state index is 0.0535. The summed E-state index contributed by atoms with van der Waals surface area (Å²) in [4.78, 5) is 13.7. The molecule has 2 rings (SSSR count). The van der Waals surface area contributed by atoms with Crippen LogP contribution in [0.2, 0.25) is 0 Å². The normalized spacial score (nSPS) is 12.1. The fraction of sp³-hybridized carbons (Fsp3) is 0.444. The Morgan fingerprint density at radius 2 is 0.793 bits per heavy atom. The lowest BCUT2D eigenvalue weighted by Crippen LogP contribution is -2.13. The number of rotatable bonds is 4. The van der Waals surface area contributed by atoms with E-state index in [0.717, 1.165) is 22.3 Å². The SMILES string of the molecule is CO/C(=C(/C)C(=O)c1c(C)c(C)c(C)c(C)c1C)c1c(C)c(C)c(C)c(C)c1C. The van der Waals surface area contributed by atoms with Crippen molar-refractivity contribution >= 4 is 11.5 Å². The summed E-state index contributed by atoms with van der Waals surface area (Å²) in [5.74, 6) is 0.739. The molecule has 2 nitrogen and oxygen atoms in total. The molecule has 0 N–H and O–H groups in total. The molecular weight excluding hydrogens is 356 g/mol. The van der Waals surface area contributed by atoms with Crippen molar-refractivity contribution in [3.63, 3.8) is 0 Å². The van der Waals surface area contributed by atoms with Crippen LogP contribution < -0.4 is 0 Å². The van der Waals surface area contributed by atoms with E-state index in [2.05, 4.69) is 69.2 Å². The van der Waals surface area contributed by atoms with Crippen LogP contribution in [-0.2, 0) is 4.74 Å². The number of methoxy groups -OCH3 is 1. The van der Waals surface area contributed by atoms with Gasteiger partial charge in [0.15, 0.2) is 5.78 Å². The monoisotopic (exact) mass is 392 g/mol. The summed E-state index contributed by atoms with van der Waals surface area (Å²) >= 11 is 0. The number of carbonyl (C=O) groups excluding carboxylic acids is 1. The lowest BCUT2D eigenvalue weighted by molar-refractivity contribution is 0.103. The first kappa shape index (κ1) is 22.9.